The molecule has 14 heavy (non-hydrogen) atoms. The van der Waals surface area contributed by atoms with E-state index in [4.69, 9.17) is 0 Å². The fraction of sp³-hybridized carbons (Fsp3) is 0.455. The highest BCUT2D eigenvalue weighted by molar-refractivity contribution is 7.85. The average Bonchev–Trinajstić information content (AvgIpc) is 2.15. The molecule has 1 rings (SSSR count). The van der Waals surface area contributed by atoms with Crippen LogP contribution in [0.3, 0.4) is 0 Å². The predicted molar refractivity (Wildman–Crippen MR) is 58.6 cm³/mol. The van der Waals surface area contributed by atoms with E-state index in [1.807, 2.05) is 31.2 Å². The fourth-order valence-electron chi connectivity index (χ4n) is 1.33. The van der Waals surface area contributed by atoms with Crippen molar-refractivity contribution in [2.75, 3.05) is 5.75 Å². The first-order valence-electron chi connectivity index (χ1n) is 4.67. The largest absolute Gasteiger partial charge is 0.386 e. The van der Waals surface area contributed by atoms with Gasteiger partial charge in [-0.3, -0.25) is 4.21 Å². The third-order valence-electron chi connectivity index (χ3n) is 2.05. The molecular formula is C11H16O2S. The minimum atomic E-state index is -1.01. The van der Waals surface area contributed by atoms with Crippen LogP contribution >= 0.6 is 0 Å². The first kappa shape index (κ1) is 11.4. The van der Waals surface area contributed by atoms with E-state index in [9.17, 15) is 9.32 Å². The predicted octanol–water partition coefficient (Wildman–Crippen LogP) is 2.04. The second-order valence-electron chi connectivity index (χ2n) is 3.69. The molecule has 1 N–H and O–H groups in total. The molecule has 1 unspecified atom stereocenters. The van der Waals surface area contributed by atoms with E-state index in [-0.39, 0.29) is 0 Å². The Labute approximate surface area is 87.4 Å². The van der Waals surface area contributed by atoms with Gasteiger partial charge in [0.15, 0.2) is 0 Å². The highest BCUT2D eigenvalue weighted by atomic mass is 32.2. The summed E-state index contributed by atoms with van der Waals surface area (Å²) >= 11 is 0. The van der Waals surface area contributed by atoms with Crippen LogP contribution in [0.4, 0.5) is 0 Å². The second-order valence-corrected chi connectivity index (χ2v) is 5.40. The second kappa shape index (κ2) is 4.24. The van der Waals surface area contributed by atoms with Crippen molar-refractivity contribution >= 4 is 10.8 Å². The lowest BCUT2D eigenvalue weighted by Crippen LogP contribution is -2.18. The van der Waals surface area contributed by atoms with Crippen LogP contribution in [-0.2, 0) is 16.4 Å². The van der Waals surface area contributed by atoms with Crippen molar-refractivity contribution in [3.8, 4) is 0 Å². The summed E-state index contributed by atoms with van der Waals surface area (Å²) in [5.41, 5.74) is -0.179. The molecule has 3 heteroatoms. The summed E-state index contributed by atoms with van der Waals surface area (Å²) in [7, 11) is -1.01. The van der Waals surface area contributed by atoms with Gasteiger partial charge in [0.2, 0.25) is 0 Å². The van der Waals surface area contributed by atoms with E-state index < -0.39 is 16.4 Å². The Morgan fingerprint density at radius 3 is 2.43 bits per heavy atom. The molecule has 0 saturated carbocycles. The normalized spacial score (nSPS) is 14.0. The molecule has 0 aliphatic carbocycles. The molecule has 0 radical (unpaired) electrons. The van der Waals surface area contributed by atoms with E-state index in [0.29, 0.717) is 5.75 Å². The van der Waals surface area contributed by atoms with Crippen LogP contribution in [0.15, 0.2) is 29.2 Å². The molecule has 1 aromatic carbocycles. The molecule has 0 heterocycles. The quantitative estimate of drug-likeness (QED) is 0.832. The van der Waals surface area contributed by atoms with Crippen molar-refractivity contribution in [3.05, 3.63) is 29.8 Å². The Morgan fingerprint density at radius 1 is 1.36 bits per heavy atom. The highest BCUT2D eigenvalue weighted by Gasteiger charge is 2.21. The van der Waals surface area contributed by atoms with Crippen molar-refractivity contribution in [3.63, 3.8) is 0 Å². The topological polar surface area (TPSA) is 37.3 Å². The number of hydrogen-bond acceptors (Lipinski definition) is 2. The van der Waals surface area contributed by atoms with Gasteiger partial charge in [-0.1, -0.05) is 25.1 Å². The zero-order chi connectivity index (χ0) is 10.8. The van der Waals surface area contributed by atoms with Gasteiger partial charge in [0.05, 0.1) is 16.4 Å². The summed E-state index contributed by atoms with van der Waals surface area (Å²) in [5, 5.41) is 9.88. The maximum absolute atomic E-state index is 11.7. The number of aliphatic hydroxyl groups is 1. The van der Waals surface area contributed by atoms with Gasteiger partial charge < -0.3 is 5.11 Å². The first-order chi connectivity index (χ1) is 6.46. The molecule has 78 valence electrons. The van der Waals surface area contributed by atoms with E-state index in [0.717, 1.165) is 10.5 Å². The van der Waals surface area contributed by atoms with Crippen molar-refractivity contribution < 1.29 is 9.32 Å². The number of rotatable bonds is 3. The molecule has 0 spiro atoms. The summed E-state index contributed by atoms with van der Waals surface area (Å²) in [6.45, 7) is 5.29. The molecule has 0 amide bonds. The monoisotopic (exact) mass is 212 g/mol. The van der Waals surface area contributed by atoms with Gasteiger partial charge in [-0.05, 0) is 25.5 Å². The lowest BCUT2D eigenvalue weighted by molar-refractivity contribution is 0.0756. The Kier molecular flexibility index (Phi) is 3.45. The number of hydrogen-bond donors (Lipinski definition) is 1. The van der Waals surface area contributed by atoms with E-state index in [2.05, 4.69) is 0 Å². The van der Waals surface area contributed by atoms with Gasteiger partial charge >= 0.3 is 0 Å². The maximum Gasteiger partial charge on any atom is 0.0852 e. The van der Waals surface area contributed by atoms with Crippen molar-refractivity contribution in [1.29, 1.82) is 0 Å². The average molecular weight is 212 g/mol. The van der Waals surface area contributed by atoms with Crippen molar-refractivity contribution in [2.24, 2.45) is 0 Å². The summed E-state index contributed by atoms with van der Waals surface area (Å²) in [6, 6.07) is 7.33. The molecule has 2 nitrogen and oxygen atoms in total. The summed E-state index contributed by atoms with van der Waals surface area (Å²) in [4.78, 5) is 0.738. The fourth-order valence-corrected chi connectivity index (χ4v) is 2.43. The Balaban J connectivity index is 3.23. The summed E-state index contributed by atoms with van der Waals surface area (Å²) in [5.74, 6) is 0.576. The molecule has 0 saturated heterocycles. The standard InChI is InChI=1S/C11H16O2S/c1-4-14(13)10-8-6-5-7-9(10)11(2,3)12/h5-8,12H,4H2,1-3H3. The van der Waals surface area contributed by atoms with Gasteiger partial charge in [0.1, 0.15) is 0 Å². The zero-order valence-corrected chi connectivity index (χ0v) is 9.60. The van der Waals surface area contributed by atoms with E-state index in [1.165, 1.54) is 0 Å². The summed E-state index contributed by atoms with van der Waals surface area (Å²) < 4.78 is 11.7. The third kappa shape index (κ3) is 2.42. The SMILES string of the molecule is CCS(=O)c1ccccc1C(C)(C)O. The van der Waals surface area contributed by atoms with Gasteiger partial charge in [0, 0.05) is 10.6 Å². The van der Waals surface area contributed by atoms with Crippen molar-refractivity contribution in [1.82, 2.24) is 0 Å². The molecule has 0 bridgehead atoms. The lowest BCUT2D eigenvalue weighted by Gasteiger charge is -2.20. The highest BCUT2D eigenvalue weighted by Crippen LogP contribution is 2.25. The molecular weight excluding hydrogens is 196 g/mol. The molecule has 0 aromatic heterocycles. The lowest BCUT2D eigenvalue weighted by atomic mass is 9.99. The Morgan fingerprint density at radius 2 is 1.93 bits per heavy atom. The van der Waals surface area contributed by atoms with Gasteiger partial charge in [-0.2, -0.15) is 0 Å². The van der Waals surface area contributed by atoms with E-state index >= 15 is 0 Å². The van der Waals surface area contributed by atoms with Crippen LogP contribution in [-0.4, -0.2) is 15.1 Å². The van der Waals surface area contributed by atoms with Crippen LogP contribution in [0.1, 0.15) is 26.3 Å². The van der Waals surface area contributed by atoms with Crippen LogP contribution in [0.2, 0.25) is 0 Å². The molecule has 1 atom stereocenters. The molecule has 0 aliphatic heterocycles. The zero-order valence-electron chi connectivity index (χ0n) is 8.78. The van der Waals surface area contributed by atoms with Crippen LogP contribution in [0, 0.1) is 0 Å². The number of benzene rings is 1. The third-order valence-corrected chi connectivity index (χ3v) is 3.42. The minimum Gasteiger partial charge on any atom is -0.386 e. The Bertz CT molecular complexity index is 339. The van der Waals surface area contributed by atoms with Crippen LogP contribution in [0.5, 0.6) is 0 Å². The first-order valence-corrected chi connectivity index (χ1v) is 5.99. The van der Waals surface area contributed by atoms with Crippen LogP contribution in [0.25, 0.3) is 0 Å². The van der Waals surface area contributed by atoms with Gasteiger partial charge in [-0.25, -0.2) is 0 Å². The van der Waals surface area contributed by atoms with Gasteiger partial charge in [-0.15, -0.1) is 0 Å². The summed E-state index contributed by atoms with van der Waals surface area (Å²) in [6.07, 6.45) is 0. The van der Waals surface area contributed by atoms with Gasteiger partial charge in [0.25, 0.3) is 0 Å². The maximum atomic E-state index is 11.7. The molecule has 0 fully saturated rings. The van der Waals surface area contributed by atoms with E-state index in [1.54, 1.807) is 13.8 Å². The molecule has 0 aliphatic rings. The van der Waals surface area contributed by atoms with Crippen molar-refractivity contribution in [2.45, 2.75) is 31.3 Å². The Hall–Kier alpha value is -0.670. The molecule has 1 aromatic rings. The minimum absolute atomic E-state index is 0.576. The van der Waals surface area contributed by atoms with Crippen LogP contribution < -0.4 is 0 Å². The smallest absolute Gasteiger partial charge is 0.0852 e.